The number of piperidine rings is 1. The summed E-state index contributed by atoms with van der Waals surface area (Å²) in [6.45, 7) is 1.06. The number of rotatable bonds is 4. The molecule has 134 valence electrons. The van der Waals surface area contributed by atoms with E-state index in [2.05, 4.69) is 20.4 Å². The first-order valence-electron chi connectivity index (χ1n) is 9.07. The largest absolute Gasteiger partial charge is 0.339 e. The Morgan fingerprint density at radius 1 is 1.28 bits per heavy atom. The number of likely N-dealkylation sites (tertiary alicyclic amines) is 1. The van der Waals surface area contributed by atoms with Crippen LogP contribution in [0, 0.1) is 0 Å². The van der Waals surface area contributed by atoms with Crippen LogP contribution in [0.1, 0.15) is 73.6 Å². The smallest absolute Gasteiger partial charge is 0.318 e. The molecule has 1 saturated heterocycles. The van der Waals surface area contributed by atoms with E-state index < -0.39 is 0 Å². The van der Waals surface area contributed by atoms with Gasteiger partial charge < -0.3 is 14.7 Å². The predicted molar refractivity (Wildman–Crippen MR) is 93.2 cm³/mol. The maximum atomic E-state index is 12.6. The molecule has 2 aliphatic rings. The molecule has 0 spiro atoms. The Labute approximate surface area is 150 Å². The SMILES string of the molecule is O=C(NCc1noc(C2CCCC2)n1)N1CCCCC1c1nccs1. The number of nitrogens with one attached hydrogen (secondary N) is 1. The van der Waals surface area contributed by atoms with Crippen molar-refractivity contribution in [2.24, 2.45) is 0 Å². The van der Waals surface area contributed by atoms with Crippen molar-refractivity contribution >= 4 is 17.4 Å². The topological polar surface area (TPSA) is 84.2 Å². The van der Waals surface area contributed by atoms with Crippen LogP contribution in [0.2, 0.25) is 0 Å². The average molecular weight is 361 g/mol. The highest BCUT2D eigenvalue weighted by Crippen LogP contribution is 2.33. The molecule has 0 aromatic carbocycles. The van der Waals surface area contributed by atoms with Crippen molar-refractivity contribution in [2.75, 3.05) is 6.54 Å². The summed E-state index contributed by atoms with van der Waals surface area (Å²) < 4.78 is 5.37. The molecule has 2 fully saturated rings. The lowest BCUT2D eigenvalue weighted by atomic mass is 10.0. The van der Waals surface area contributed by atoms with Gasteiger partial charge in [-0.2, -0.15) is 4.98 Å². The van der Waals surface area contributed by atoms with E-state index in [1.807, 2.05) is 10.3 Å². The molecule has 1 saturated carbocycles. The molecule has 1 aliphatic heterocycles. The molecule has 25 heavy (non-hydrogen) atoms. The summed E-state index contributed by atoms with van der Waals surface area (Å²) in [5.41, 5.74) is 0. The number of carbonyl (C=O) groups excluding carboxylic acids is 1. The minimum Gasteiger partial charge on any atom is -0.339 e. The third-order valence-corrected chi connectivity index (χ3v) is 5.96. The van der Waals surface area contributed by atoms with Crippen LogP contribution in [0.4, 0.5) is 4.79 Å². The number of nitrogens with zero attached hydrogens (tertiary/aromatic N) is 4. The van der Waals surface area contributed by atoms with Crippen LogP contribution < -0.4 is 5.32 Å². The summed E-state index contributed by atoms with van der Waals surface area (Å²) in [7, 11) is 0. The molecule has 0 bridgehead atoms. The maximum Gasteiger partial charge on any atom is 0.318 e. The third kappa shape index (κ3) is 3.68. The second-order valence-electron chi connectivity index (χ2n) is 6.76. The number of carbonyl (C=O) groups is 1. The fourth-order valence-corrected chi connectivity index (χ4v) is 4.55. The maximum absolute atomic E-state index is 12.6. The predicted octanol–water partition coefficient (Wildman–Crippen LogP) is 3.62. The van der Waals surface area contributed by atoms with E-state index in [1.54, 1.807) is 17.5 Å². The molecule has 1 aliphatic carbocycles. The van der Waals surface area contributed by atoms with Crippen LogP contribution in [0.3, 0.4) is 0 Å². The van der Waals surface area contributed by atoms with Gasteiger partial charge in [0.15, 0.2) is 5.82 Å². The summed E-state index contributed by atoms with van der Waals surface area (Å²) in [5.74, 6) is 1.67. The van der Waals surface area contributed by atoms with Crippen LogP contribution in [-0.2, 0) is 6.54 Å². The third-order valence-electron chi connectivity index (χ3n) is 5.09. The van der Waals surface area contributed by atoms with E-state index in [0.717, 1.165) is 49.5 Å². The van der Waals surface area contributed by atoms with Crippen LogP contribution >= 0.6 is 11.3 Å². The second kappa shape index (κ2) is 7.51. The lowest BCUT2D eigenvalue weighted by Crippen LogP contribution is -2.44. The van der Waals surface area contributed by atoms with Crippen molar-refractivity contribution in [3.05, 3.63) is 28.3 Å². The van der Waals surface area contributed by atoms with Gasteiger partial charge in [0.1, 0.15) is 5.01 Å². The van der Waals surface area contributed by atoms with Gasteiger partial charge in [-0.25, -0.2) is 9.78 Å². The lowest BCUT2D eigenvalue weighted by molar-refractivity contribution is 0.150. The number of thiazole rings is 1. The van der Waals surface area contributed by atoms with Gasteiger partial charge in [-0.15, -0.1) is 11.3 Å². The molecule has 2 aromatic heterocycles. The first kappa shape index (κ1) is 16.5. The van der Waals surface area contributed by atoms with Crippen LogP contribution in [-0.4, -0.2) is 32.6 Å². The van der Waals surface area contributed by atoms with Gasteiger partial charge in [0.25, 0.3) is 0 Å². The van der Waals surface area contributed by atoms with Gasteiger partial charge >= 0.3 is 6.03 Å². The van der Waals surface area contributed by atoms with E-state index in [4.69, 9.17) is 4.52 Å². The molecule has 1 unspecified atom stereocenters. The molecule has 1 atom stereocenters. The molecule has 2 aromatic rings. The van der Waals surface area contributed by atoms with Gasteiger partial charge in [0.2, 0.25) is 5.89 Å². The van der Waals surface area contributed by atoms with Gasteiger partial charge in [0, 0.05) is 24.0 Å². The summed E-state index contributed by atoms with van der Waals surface area (Å²) >= 11 is 1.61. The first-order chi connectivity index (χ1) is 12.3. The minimum absolute atomic E-state index is 0.0767. The van der Waals surface area contributed by atoms with E-state index in [9.17, 15) is 4.79 Å². The second-order valence-corrected chi connectivity index (χ2v) is 7.69. The van der Waals surface area contributed by atoms with Crippen molar-refractivity contribution < 1.29 is 9.32 Å². The molecule has 7 nitrogen and oxygen atoms in total. The molecular formula is C17H23N5O2S. The van der Waals surface area contributed by atoms with E-state index in [0.29, 0.717) is 18.3 Å². The summed E-state index contributed by atoms with van der Waals surface area (Å²) in [5, 5.41) is 9.93. The van der Waals surface area contributed by atoms with Crippen molar-refractivity contribution in [2.45, 2.75) is 63.5 Å². The van der Waals surface area contributed by atoms with E-state index in [-0.39, 0.29) is 12.1 Å². The van der Waals surface area contributed by atoms with Crippen molar-refractivity contribution in [1.29, 1.82) is 0 Å². The Kier molecular flexibility index (Phi) is 4.96. The Balaban J connectivity index is 1.36. The normalized spacial score (nSPS) is 21.6. The molecule has 2 amide bonds. The summed E-state index contributed by atoms with van der Waals surface area (Å²) in [6.07, 6.45) is 9.63. The van der Waals surface area contributed by atoms with E-state index in [1.165, 1.54) is 12.8 Å². The Bertz CT molecular complexity index is 696. The van der Waals surface area contributed by atoms with Crippen LogP contribution in [0.5, 0.6) is 0 Å². The number of hydrogen-bond acceptors (Lipinski definition) is 6. The Morgan fingerprint density at radius 3 is 2.92 bits per heavy atom. The molecule has 0 radical (unpaired) electrons. The van der Waals surface area contributed by atoms with E-state index >= 15 is 0 Å². The van der Waals surface area contributed by atoms with Gasteiger partial charge in [0.05, 0.1) is 12.6 Å². The van der Waals surface area contributed by atoms with Crippen molar-refractivity contribution in [3.63, 3.8) is 0 Å². The monoisotopic (exact) mass is 361 g/mol. The standard InChI is InChI=1S/C17H23N5O2S/c23-17(22-9-4-3-7-13(22)16-18-8-10-25-16)19-11-14-20-15(24-21-14)12-5-1-2-6-12/h8,10,12-13H,1-7,9,11H2,(H,19,23). The molecule has 1 N–H and O–H groups in total. The highest BCUT2D eigenvalue weighted by atomic mass is 32.1. The molecule has 8 heteroatoms. The number of urea groups is 1. The zero-order valence-corrected chi connectivity index (χ0v) is 15.0. The number of amides is 2. The van der Waals surface area contributed by atoms with Gasteiger partial charge in [-0.3, -0.25) is 0 Å². The number of hydrogen-bond donors (Lipinski definition) is 1. The molecule has 3 heterocycles. The highest BCUT2D eigenvalue weighted by molar-refractivity contribution is 7.09. The fourth-order valence-electron chi connectivity index (χ4n) is 3.76. The summed E-state index contributed by atoms with van der Waals surface area (Å²) in [4.78, 5) is 23.4. The van der Waals surface area contributed by atoms with Gasteiger partial charge in [-0.1, -0.05) is 18.0 Å². The van der Waals surface area contributed by atoms with Gasteiger partial charge in [-0.05, 0) is 32.1 Å². The number of aromatic nitrogens is 3. The quantitative estimate of drug-likeness (QED) is 0.899. The molecule has 4 rings (SSSR count). The minimum atomic E-state index is -0.0767. The summed E-state index contributed by atoms with van der Waals surface area (Å²) in [6, 6.07) is 0.000171. The van der Waals surface area contributed by atoms with Crippen molar-refractivity contribution in [3.8, 4) is 0 Å². The zero-order chi connectivity index (χ0) is 17.1. The van der Waals surface area contributed by atoms with Crippen molar-refractivity contribution in [1.82, 2.24) is 25.3 Å². The zero-order valence-electron chi connectivity index (χ0n) is 14.2. The lowest BCUT2D eigenvalue weighted by Gasteiger charge is -2.34. The first-order valence-corrected chi connectivity index (χ1v) is 9.95. The van der Waals surface area contributed by atoms with Crippen LogP contribution in [0.15, 0.2) is 16.1 Å². The fraction of sp³-hybridized carbons (Fsp3) is 0.647. The average Bonchev–Trinajstić information content (AvgIpc) is 3.41. The highest BCUT2D eigenvalue weighted by Gasteiger charge is 2.30. The van der Waals surface area contributed by atoms with Crippen LogP contribution in [0.25, 0.3) is 0 Å². The Morgan fingerprint density at radius 2 is 2.12 bits per heavy atom. The molecular weight excluding hydrogens is 338 g/mol. The Hall–Kier alpha value is -1.96.